The van der Waals surface area contributed by atoms with Gasteiger partial charge >= 0.3 is 5.97 Å². The zero-order chi connectivity index (χ0) is 27.3. The van der Waals surface area contributed by atoms with E-state index in [9.17, 15) is 14.4 Å². The van der Waals surface area contributed by atoms with Crippen LogP contribution in [0.25, 0.3) is 10.1 Å². The van der Waals surface area contributed by atoms with Crippen molar-refractivity contribution in [2.45, 2.75) is 45.7 Å². The second-order valence-corrected chi connectivity index (χ2v) is 11.4. The van der Waals surface area contributed by atoms with E-state index in [0.717, 1.165) is 21.2 Å². The highest BCUT2D eigenvalue weighted by Gasteiger charge is 2.20. The summed E-state index contributed by atoms with van der Waals surface area (Å²) in [5.74, 6) is -1.33. The third-order valence-corrected chi connectivity index (χ3v) is 7.43. The third-order valence-electron chi connectivity index (χ3n) is 6.33. The molecule has 6 nitrogen and oxygen atoms in total. The Kier molecular flexibility index (Phi) is 8.27. The first-order valence-electron chi connectivity index (χ1n) is 12.6. The number of nitrogens with zero attached hydrogens (tertiary/aromatic N) is 1. The summed E-state index contributed by atoms with van der Waals surface area (Å²) in [5, 5.41) is 12.4. The number of amides is 2. The second-order valence-electron chi connectivity index (χ2n) is 10.4. The lowest BCUT2D eigenvalue weighted by molar-refractivity contribution is -0.136. The molecule has 7 heteroatoms. The van der Waals surface area contributed by atoms with Crippen molar-refractivity contribution in [1.29, 1.82) is 0 Å². The van der Waals surface area contributed by atoms with Crippen LogP contribution in [0, 0.1) is 0 Å². The Labute approximate surface area is 226 Å². The summed E-state index contributed by atoms with van der Waals surface area (Å²) in [4.78, 5) is 39.2. The van der Waals surface area contributed by atoms with E-state index in [0.29, 0.717) is 23.5 Å². The van der Waals surface area contributed by atoms with Crippen LogP contribution in [0.4, 0.5) is 0 Å². The molecule has 4 aromatic rings. The van der Waals surface area contributed by atoms with Gasteiger partial charge < -0.3 is 15.3 Å². The highest BCUT2D eigenvalue weighted by Crippen LogP contribution is 2.28. The molecular formula is C31H32N2O4S. The van der Waals surface area contributed by atoms with Crippen molar-refractivity contribution in [2.75, 3.05) is 6.54 Å². The van der Waals surface area contributed by atoms with Crippen LogP contribution in [0.2, 0.25) is 0 Å². The van der Waals surface area contributed by atoms with Crippen LogP contribution in [0.5, 0.6) is 0 Å². The molecule has 0 atom stereocenters. The highest BCUT2D eigenvalue weighted by atomic mass is 32.1. The Morgan fingerprint density at radius 2 is 1.47 bits per heavy atom. The van der Waals surface area contributed by atoms with Crippen molar-refractivity contribution >= 4 is 39.2 Å². The minimum absolute atomic E-state index is 0.0402. The zero-order valence-corrected chi connectivity index (χ0v) is 22.7. The van der Waals surface area contributed by atoms with Gasteiger partial charge in [0.25, 0.3) is 11.8 Å². The number of fused-ring (bicyclic) bond motifs is 1. The van der Waals surface area contributed by atoms with Crippen LogP contribution in [-0.4, -0.2) is 34.3 Å². The van der Waals surface area contributed by atoms with Gasteiger partial charge in [0.15, 0.2) is 0 Å². The van der Waals surface area contributed by atoms with Crippen LogP contribution in [0.3, 0.4) is 0 Å². The van der Waals surface area contributed by atoms with E-state index in [1.54, 1.807) is 12.1 Å². The van der Waals surface area contributed by atoms with Crippen molar-refractivity contribution in [3.8, 4) is 0 Å². The summed E-state index contributed by atoms with van der Waals surface area (Å²) in [5.41, 5.74) is 3.67. The van der Waals surface area contributed by atoms with Gasteiger partial charge in [-0.25, -0.2) is 0 Å². The number of nitrogens with one attached hydrogen (secondary N) is 1. The van der Waals surface area contributed by atoms with E-state index in [1.807, 2.05) is 47.4 Å². The maximum absolute atomic E-state index is 13.7. The predicted molar refractivity (Wildman–Crippen MR) is 152 cm³/mol. The normalized spacial score (nSPS) is 11.3. The molecule has 0 saturated heterocycles. The van der Waals surface area contributed by atoms with E-state index in [-0.39, 0.29) is 30.2 Å². The molecule has 0 fully saturated rings. The van der Waals surface area contributed by atoms with Crippen LogP contribution in [0.1, 0.15) is 63.9 Å². The number of hydrogen-bond donors (Lipinski definition) is 2. The minimum atomic E-state index is -0.961. The zero-order valence-electron chi connectivity index (χ0n) is 21.9. The molecule has 196 valence electrons. The quantitative estimate of drug-likeness (QED) is 0.269. The van der Waals surface area contributed by atoms with Gasteiger partial charge in [-0.1, -0.05) is 75.4 Å². The summed E-state index contributed by atoms with van der Waals surface area (Å²) < 4.78 is 1.07. The third kappa shape index (κ3) is 6.86. The molecule has 0 unspecified atom stereocenters. The molecule has 0 bridgehead atoms. The monoisotopic (exact) mass is 528 g/mol. The Balaban J connectivity index is 1.55. The van der Waals surface area contributed by atoms with Crippen molar-refractivity contribution in [3.63, 3.8) is 0 Å². The number of rotatable bonds is 9. The van der Waals surface area contributed by atoms with E-state index in [1.165, 1.54) is 16.9 Å². The van der Waals surface area contributed by atoms with Gasteiger partial charge in [0, 0.05) is 29.9 Å². The number of benzene rings is 3. The molecule has 0 aliphatic carbocycles. The molecule has 1 heterocycles. The molecule has 1 aromatic heterocycles. The summed E-state index contributed by atoms with van der Waals surface area (Å²) in [7, 11) is 0. The SMILES string of the molecule is CC(C)(C)c1ccc(CN(Cc2ccc(C(=O)NCCC(=O)O)cc2)C(=O)c2cc3ccccc3s2)cc1. The van der Waals surface area contributed by atoms with E-state index >= 15 is 0 Å². The van der Waals surface area contributed by atoms with Crippen molar-refractivity contribution in [1.82, 2.24) is 10.2 Å². The number of hydrogen-bond acceptors (Lipinski definition) is 4. The summed E-state index contributed by atoms with van der Waals surface area (Å²) in [6, 6.07) is 25.4. The topological polar surface area (TPSA) is 86.7 Å². The van der Waals surface area contributed by atoms with E-state index in [2.05, 4.69) is 50.4 Å². The number of aliphatic carboxylic acids is 1. The average molecular weight is 529 g/mol. The van der Waals surface area contributed by atoms with Gasteiger partial charge in [-0.05, 0) is 51.8 Å². The Morgan fingerprint density at radius 1 is 0.868 bits per heavy atom. The number of carbonyl (C=O) groups excluding carboxylic acids is 2. The molecule has 0 radical (unpaired) electrons. The molecule has 0 spiro atoms. The van der Waals surface area contributed by atoms with Gasteiger partial charge in [-0.2, -0.15) is 0 Å². The predicted octanol–water partition coefficient (Wildman–Crippen LogP) is 6.25. The standard InChI is InChI=1S/C31H32N2O4S/c1-31(2,3)25-14-10-22(11-15-25)20-33(30(37)27-18-24-6-4-5-7-26(24)38-27)19-21-8-12-23(13-9-21)29(36)32-17-16-28(34)35/h4-15,18H,16-17,19-20H2,1-3H3,(H,32,36)(H,34,35). The summed E-state index contributed by atoms with van der Waals surface area (Å²) in [6.07, 6.45) is -0.130. The maximum Gasteiger partial charge on any atom is 0.305 e. The first-order chi connectivity index (χ1) is 18.1. The molecule has 2 amide bonds. The van der Waals surface area contributed by atoms with E-state index < -0.39 is 5.97 Å². The summed E-state index contributed by atoms with van der Waals surface area (Å²) in [6.45, 7) is 7.44. The Hall–Kier alpha value is -3.97. The van der Waals surface area contributed by atoms with Gasteiger partial charge in [0.2, 0.25) is 0 Å². The van der Waals surface area contributed by atoms with Gasteiger partial charge in [-0.3, -0.25) is 14.4 Å². The fourth-order valence-corrected chi connectivity index (χ4v) is 5.17. The first-order valence-corrected chi connectivity index (χ1v) is 13.4. The molecule has 3 aromatic carbocycles. The summed E-state index contributed by atoms with van der Waals surface area (Å²) >= 11 is 1.49. The van der Waals surface area contributed by atoms with Crippen molar-refractivity contribution in [3.05, 3.63) is 106 Å². The highest BCUT2D eigenvalue weighted by molar-refractivity contribution is 7.20. The number of carbonyl (C=O) groups is 3. The largest absolute Gasteiger partial charge is 0.481 e. The van der Waals surface area contributed by atoms with E-state index in [4.69, 9.17) is 5.11 Å². The lowest BCUT2D eigenvalue weighted by Gasteiger charge is -2.24. The lowest BCUT2D eigenvalue weighted by Crippen LogP contribution is -2.29. The van der Waals surface area contributed by atoms with Crippen molar-refractivity contribution < 1.29 is 19.5 Å². The van der Waals surface area contributed by atoms with Crippen LogP contribution >= 0.6 is 11.3 Å². The molecule has 0 saturated carbocycles. The fourth-order valence-electron chi connectivity index (χ4n) is 4.14. The molecule has 0 aliphatic heterocycles. The first kappa shape index (κ1) is 27.1. The Bertz CT molecular complexity index is 1400. The van der Waals surface area contributed by atoms with Crippen LogP contribution in [0.15, 0.2) is 78.9 Å². The van der Waals surface area contributed by atoms with Crippen molar-refractivity contribution in [2.24, 2.45) is 0 Å². The number of thiophene rings is 1. The average Bonchev–Trinajstić information content (AvgIpc) is 3.32. The molecular weight excluding hydrogens is 496 g/mol. The molecule has 4 rings (SSSR count). The van der Waals surface area contributed by atoms with Crippen LogP contribution < -0.4 is 5.32 Å². The van der Waals surface area contributed by atoms with Gasteiger partial charge in [0.05, 0.1) is 11.3 Å². The Morgan fingerprint density at radius 3 is 2.05 bits per heavy atom. The minimum Gasteiger partial charge on any atom is -0.481 e. The fraction of sp³-hybridized carbons (Fsp3) is 0.258. The molecule has 0 aliphatic rings. The molecule has 38 heavy (non-hydrogen) atoms. The maximum atomic E-state index is 13.7. The smallest absolute Gasteiger partial charge is 0.305 e. The lowest BCUT2D eigenvalue weighted by atomic mass is 9.87. The van der Waals surface area contributed by atoms with Gasteiger partial charge in [0.1, 0.15) is 0 Å². The second kappa shape index (κ2) is 11.6. The number of carboxylic acids is 1. The van der Waals surface area contributed by atoms with Crippen LogP contribution in [-0.2, 0) is 23.3 Å². The molecule has 2 N–H and O–H groups in total. The van der Waals surface area contributed by atoms with Gasteiger partial charge in [-0.15, -0.1) is 11.3 Å². The number of carboxylic acid groups (broad SMARTS) is 1.